The summed E-state index contributed by atoms with van der Waals surface area (Å²) in [5, 5.41) is 0.919. The minimum Gasteiger partial charge on any atom is -0.497 e. The summed E-state index contributed by atoms with van der Waals surface area (Å²) in [6.45, 7) is 1.97. The predicted molar refractivity (Wildman–Crippen MR) is 74.9 cm³/mol. The van der Waals surface area contributed by atoms with Crippen molar-refractivity contribution in [2.24, 2.45) is 0 Å². The molecule has 0 atom stereocenters. The van der Waals surface area contributed by atoms with Gasteiger partial charge in [0.25, 0.3) is 0 Å². The Hall–Kier alpha value is -1.26. The number of aryl methyl sites for hydroxylation is 1. The van der Waals surface area contributed by atoms with Gasteiger partial charge in [-0.05, 0) is 19.1 Å². The van der Waals surface area contributed by atoms with E-state index in [0.29, 0.717) is 5.88 Å². The molecule has 1 aromatic carbocycles. The van der Waals surface area contributed by atoms with E-state index < -0.39 is 0 Å². The summed E-state index contributed by atoms with van der Waals surface area (Å²) in [5.41, 5.74) is 1.94. The van der Waals surface area contributed by atoms with Gasteiger partial charge in [-0.15, -0.1) is 22.9 Å². The fourth-order valence-electron chi connectivity index (χ4n) is 1.64. The minimum atomic E-state index is 0.488. The SMILES string of the molecule is COc1ccc(-c2nc(C)c(CCl)s2)c(OC)c1. The number of methoxy groups -OCH3 is 2. The molecule has 0 aliphatic carbocycles. The Kier molecular flexibility index (Phi) is 4.09. The fraction of sp³-hybridized carbons (Fsp3) is 0.308. The van der Waals surface area contributed by atoms with Crippen molar-refractivity contribution in [2.75, 3.05) is 14.2 Å². The van der Waals surface area contributed by atoms with Crippen molar-refractivity contribution < 1.29 is 9.47 Å². The van der Waals surface area contributed by atoms with Crippen LogP contribution >= 0.6 is 22.9 Å². The zero-order chi connectivity index (χ0) is 13.1. The second kappa shape index (κ2) is 5.59. The number of rotatable bonds is 4. The number of aromatic nitrogens is 1. The number of nitrogens with zero attached hydrogens (tertiary/aromatic N) is 1. The first-order valence-corrected chi connectivity index (χ1v) is 6.79. The molecule has 2 rings (SSSR count). The summed E-state index contributed by atoms with van der Waals surface area (Å²) < 4.78 is 10.6. The largest absolute Gasteiger partial charge is 0.497 e. The monoisotopic (exact) mass is 283 g/mol. The molecule has 1 aromatic heterocycles. The van der Waals surface area contributed by atoms with E-state index in [1.807, 2.05) is 25.1 Å². The molecule has 2 aromatic rings. The van der Waals surface area contributed by atoms with Crippen LogP contribution < -0.4 is 9.47 Å². The third-order valence-corrected chi connectivity index (χ3v) is 4.27. The summed E-state index contributed by atoms with van der Waals surface area (Å²) in [5.74, 6) is 2.01. The Morgan fingerprint density at radius 3 is 2.61 bits per heavy atom. The molecular weight excluding hydrogens is 270 g/mol. The highest BCUT2D eigenvalue weighted by molar-refractivity contribution is 7.15. The average Bonchev–Trinajstić information content (AvgIpc) is 2.79. The lowest BCUT2D eigenvalue weighted by Crippen LogP contribution is -1.90. The number of ether oxygens (including phenoxy) is 2. The van der Waals surface area contributed by atoms with Gasteiger partial charge in [0.1, 0.15) is 16.5 Å². The van der Waals surface area contributed by atoms with Gasteiger partial charge in [-0.2, -0.15) is 0 Å². The van der Waals surface area contributed by atoms with E-state index in [9.17, 15) is 0 Å². The highest BCUT2D eigenvalue weighted by Gasteiger charge is 2.13. The third kappa shape index (κ3) is 2.44. The number of thiazole rings is 1. The van der Waals surface area contributed by atoms with Crippen molar-refractivity contribution >= 4 is 22.9 Å². The fourth-order valence-corrected chi connectivity index (χ4v) is 2.94. The first kappa shape index (κ1) is 13.2. The second-order valence-electron chi connectivity index (χ2n) is 3.73. The van der Waals surface area contributed by atoms with Crippen LogP contribution in [-0.2, 0) is 5.88 Å². The molecule has 0 aliphatic rings. The van der Waals surface area contributed by atoms with Crippen LogP contribution in [0.15, 0.2) is 18.2 Å². The molecule has 0 N–H and O–H groups in total. The Bertz CT molecular complexity index is 554. The van der Waals surface area contributed by atoms with Gasteiger partial charge < -0.3 is 9.47 Å². The summed E-state index contributed by atoms with van der Waals surface area (Å²) in [6.07, 6.45) is 0. The maximum Gasteiger partial charge on any atom is 0.132 e. The first-order chi connectivity index (χ1) is 8.69. The second-order valence-corrected chi connectivity index (χ2v) is 5.08. The van der Waals surface area contributed by atoms with E-state index in [0.717, 1.165) is 32.6 Å². The zero-order valence-electron chi connectivity index (χ0n) is 10.5. The molecule has 0 saturated heterocycles. The first-order valence-electron chi connectivity index (χ1n) is 5.44. The Morgan fingerprint density at radius 2 is 2.06 bits per heavy atom. The summed E-state index contributed by atoms with van der Waals surface area (Å²) in [6, 6.07) is 5.70. The van der Waals surface area contributed by atoms with Gasteiger partial charge in [0.05, 0.1) is 31.4 Å². The van der Waals surface area contributed by atoms with Crippen molar-refractivity contribution in [2.45, 2.75) is 12.8 Å². The van der Waals surface area contributed by atoms with E-state index in [4.69, 9.17) is 21.1 Å². The van der Waals surface area contributed by atoms with Gasteiger partial charge in [0.2, 0.25) is 0 Å². The van der Waals surface area contributed by atoms with E-state index in [-0.39, 0.29) is 0 Å². The van der Waals surface area contributed by atoms with E-state index >= 15 is 0 Å². The number of hydrogen-bond donors (Lipinski definition) is 0. The molecule has 5 heteroatoms. The zero-order valence-corrected chi connectivity index (χ0v) is 12.1. The third-order valence-electron chi connectivity index (χ3n) is 2.65. The highest BCUT2D eigenvalue weighted by atomic mass is 35.5. The molecule has 0 radical (unpaired) electrons. The molecule has 0 spiro atoms. The van der Waals surface area contributed by atoms with Crippen LogP contribution in [0.2, 0.25) is 0 Å². The van der Waals surface area contributed by atoms with Gasteiger partial charge in [0, 0.05) is 10.9 Å². The van der Waals surface area contributed by atoms with Gasteiger partial charge in [-0.25, -0.2) is 4.98 Å². The predicted octanol–water partition coefficient (Wildman–Crippen LogP) is 3.87. The number of benzene rings is 1. The Balaban J connectivity index is 2.48. The van der Waals surface area contributed by atoms with Crippen molar-refractivity contribution in [3.63, 3.8) is 0 Å². The maximum absolute atomic E-state index is 5.87. The number of alkyl halides is 1. The molecule has 18 heavy (non-hydrogen) atoms. The van der Waals surface area contributed by atoms with Crippen LogP contribution in [0.3, 0.4) is 0 Å². The molecule has 0 aliphatic heterocycles. The van der Waals surface area contributed by atoms with Crippen molar-refractivity contribution in [1.29, 1.82) is 0 Å². The van der Waals surface area contributed by atoms with Gasteiger partial charge in [-0.3, -0.25) is 0 Å². The lowest BCUT2D eigenvalue weighted by atomic mass is 10.2. The molecule has 0 bridgehead atoms. The molecule has 96 valence electrons. The normalized spacial score (nSPS) is 10.4. The lowest BCUT2D eigenvalue weighted by molar-refractivity contribution is 0.395. The Morgan fingerprint density at radius 1 is 1.28 bits per heavy atom. The van der Waals surface area contributed by atoms with E-state index in [1.165, 1.54) is 0 Å². The average molecular weight is 284 g/mol. The standard InChI is InChI=1S/C13H14ClNO2S/c1-8-12(7-14)18-13(15-8)10-5-4-9(16-2)6-11(10)17-3/h4-6H,7H2,1-3H3. The molecule has 0 saturated carbocycles. The van der Waals surface area contributed by atoms with Crippen molar-refractivity contribution in [3.8, 4) is 22.1 Å². The van der Waals surface area contributed by atoms with E-state index in [2.05, 4.69) is 4.98 Å². The molecule has 1 heterocycles. The quantitative estimate of drug-likeness (QED) is 0.798. The molecule has 3 nitrogen and oxygen atoms in total. The summed E-state index contributed by atoms with van der Waals surface area (Å²) >= 11 is 7.47. The van der Waals surface area contributed by atoms with Gasteiger partial charge >= 0.3 is 0 Å². The number of hydrogen-bond acceptors (Lipinski definition) is 4. The summed E-state index contributed by atoms with van der Waals surface area (Å²) in [7, 11) is 3.27. The van der Waals surface area contributed by atoms with Crippen LogP contribution in [0.25, 0.3) is 10.6 Å². The highest BCUT2D eigenvalue weighted by Crippen LogP contribution is 2.36. The Labute approximate surface area is 115 Å². The molecule has 0 fully saturated rings. The molecular formula is C13H14ClNO2S. The molecule has 0 unspecified atom stereocenters. The minimum absolute atomic E-state index is 0.488. The van der Waals surface area contributed by atoms with Gasteiger partial charge in [0.15, 0.2) is 0 Å². The van der Waals surface area contributed by atoms with Crippen molar-refractivity contribution in [3.05, 3.63) is 28.8 Å². The van der Waals surface area contributed by atoms with E-state index in [1.54, 1.807) is 25.6 Å². The van der Waals surface area contributed by atoms with Crippen LogP contribution in [0.1, 0.15) is 10.6 Å². The van der Waals surface area contributed by atoms with Crippen LogP contribution in [0.5, 0.6) is 11.5 Å². The summed E-state index contributed by atoms with van der Waals surface area (Å²) in [4.78, 5) is 5.62. The van der Waals surface area contributed by atoms with Crippen molar-refractivity contribution in [1.82, 2.24) is 4.98 Å². The maximum atomic E-state index is 5.87. The van der Waals surface area contributed by atoms with Crippen LogP contribution in [-0.4, -0.2) is 19.2 Å². The van der Waals surface area contributed by atoms with Crippen LogP contribution in [0, 0.1) is 6.92 Å². The van der Waals surface area contributed by atoms with Crippen LogP contribution in [0.4, 0.5) is 0 Å². The number of halogens is 1. The van der Waals surface area contributed by atoms with Gasteiger partial charge in [-0.1, -0.05) is 0 Å². The smallest absolute Gasteiger partial charge is 0.132 e. The lowest BCUT2D eigenvalue weighted by Gasteiger charge is -2.08. The molecule has 0 amide bonds. The topological polar surface area (TPSA) is 31.4 Å².